The van der Waals surface area contributed by atoms with E-state index in [-0.39, 0.29) is 18.3 Å². The third kappa shape index (κ3) is 5.90. The van der Waals surface area contributed by atoms with Gasteiger partial charge < -0.3 is 19.3 Å². The van der Waals surface area contributed by atoms with Crippen molar-refractivity contribution in [3.05, 3.63) is 65.9 Å². The first-order valence-electron chi connectivity index (χ1n) is 11.1. The summed E-state index contributed by atoms with van der Waals surface area (Å²) in [5.41, 5.74) is 4.04. The van der Waals surface area contributed by atoms with Crippen LogP contribution in [0.25, 0.3) is 11.1 Å². The molecule has 1 aliphatic rings. The van der Waals surface area contributed by atoms with E-state index in [0.29, 0.717) is 19.5 Å². The first-order chi connectivity index (χ1) is 15.5. The Morgan fingerprint density at radius 3 is 2.69 bits per heavy atom. The minimum Gasteiger partial charge on any atom is -0.496 e. The molecule has 1 amide bonds. The maximum Gasteiger partial charge on any atom is 0.309 e. The highest BCUT2D eigenvalue weighted by Gasteiger charge is 2.18. The number of benzene rings is 2. The van der Waals surface area contributed by atoms with Crippen molar-refractivity contribution in [1.29, 1.82) is 0 Å². The zero-order chi connectivity index (χ0) is 22.9. The number of amides is 1. The number of hydrogen-bond donors (Lipinski definition) is 0. The van der Waals surface area contributed by atoms with Crippen LogP contribution in [-0.4, -0.2) is 55.5 Å². The van der Waals surface area contributed by atoms with Gasteiger partial charge in [0.1, 0.15) is 5.75 Å². The molecule has 1 aliphatic heterocycles. The molecule has 0 aromatic heterocycles. The minimum atomic E-state index is -0.263. The van der Waals surface area contributed by atoms with Gasteiger partial charge in [0, 0.05) is 38.2 Å². The first kappa shape index (κ1) is 23.4. The lowest BCUT2D eigenvalue weighted by molar-refractivity contribution is -0.139. The first-order valence-corrected chi connectivity index (χ1v) is 11.1. The van der Waals surface area contributed by atoms with E-state index in [1.165, 1.54) is 7.11 Å². The lowest BCUT2D eigenvalue weighted by Crippen LogP contribution is -2.25. The summed E-state index contributed by atoms with van der Waals surface area (Å²) >= 11 is 0. The summed E-state index contributed by atoms with van der Waals surface area (Å²) in [6.07, 6.45) is 5.97. The molecule has 0 spiro atoms. The van der Waals surface area contributed by atoms with E-state index >= 15 is 0 Å². The molecule has 2 aromatic carbocycles. The summed E-state index contributed by atoms with van der Waals surface area (Å²) in [6, 6.07) is 14.0. The molecule has 2 aromatic rings. The summed E-state index contributed by atoms with van der Waals surface area (Å²) < 4.78 is 10.5. The normalized spacial score (nSPS) is 13.6. The second-order valence-electron chi connectivity index (χ2n) is 7.84. The molecule has 1 heterocycles. The quantitative estimate of drug-likeness (QED) is 0.526. The molecule has 0 radical (unpaired) electrons. The van der Waals surface area contributed by atoms with Crippen LogP contribution in [-0.2, 0) is 27.3 Å². The second-order valence-corrected chi connectivity index (χ2v) is 7.84. The molecule has 1 saturated heterocycles. The number of nitrogens with zero attached hydrogens (tertiary/aromatic N) is 2. The molecule has 3 rings (SSSR count). The highest BCUT2D eigenvalue weighted by Crippen LogP contribution is 2.34. The zero-order valence-electron chi connectivity index (χ0n) is 19.2. The minimum absolute atomic E-state index is 0.230. The van der Waals surface area contributed by atoms with Crippen LogP contribution in [0.4, 0.5) is 0 Å². The molecule has 6 heteroatoms. The summed E-state index contributed by atoms with van der Waals surface area (Å²) in [5.74, 6) is 0.765. The maximum absolute atomic E-state index is 11.8. The van der Waals surface area contributed by atoms with E-state index in [0.717, 1.165) is 47.5 Å². The monoisotopic (exact) mass is 436 g/mol. The van der Waals surface area contributed by atoms with Gasteiger partial charge in [-0.05, 0) is 48.4 Å². The van der Waals surface area contributed by atoms with Gasteiger partial charge in [0.2, 0.25) is 5.91 Å². The van der Waals surface area contributed by atoms with Gasteiger partial charge in [-0.3, -0.25) is 9.59 Å². The third-order valence-corrected chi connectivity index (χ3v) is 5.72. The fourth-order valence-corrected chi connectivity index (χ4v) is 3.99. The summed E-state index contributed by atoms with van der Waals surface area (Å²) in [7, 11) is 3.07. The van der Waals surface area contributed by atoms with Gasteiger partial charge in [0.05, 0.1) is 20.6 Å². The molecule has 0 unspecified atom stereocenters. The maximum atomic E-state index is 11.8. The van der Waals surface area contributed by atoms with Gasteiger partial charge in [0.15, 0.2) is 0 Å². The van der Waals surface area contributed by atoms with Crippen molar-refractivity contribution in [2.75, 3.05) is 33.9 Å². The van der Waals surface area contributed by atoms with Gasteiger partial charge in [-0.2, -0.15) is 0 Å². The highest BCUT2D eigenvalue weighted by molar-refractivity contribution is 5.78. The SMILES string of the molecule is CCN(/C=C/CN1CCCC1=O)Cc1cccc(OC)c1-c1cccc(CC(=O)OC)c1. The Bertz CT molecular complexity index is 970. The fourth-order valence-electron chi connectivity index (χ4n) is 3.99. The number of carbonyl (C=O) groups is 2. The number of carbonyl (C=O) groups excluding carboxylic acids is 2. The van der Waals surface area contributed by atoms with Crippen LogP contribution in [0.3, 0.4) is 0 Å². The van der Waals surface area contributed by atoms with Gasteiger partial charge in [-0.25, -0.2) is 0 Å². The summed E-state index contributed by atoms with van der Waals surface area (Å²) in [4.78, 5) is 27.7. The topological polar surface area (TPSA) is 59.1 Å². The van der Waals surface area contributed by atoms with Gasteiger partial charge in [0.25, 0.3) is 0 Å². The number of rotatable bonds is 10. The predicted octanol–water partition coefficient (Wildman–Crippen LogP) is 4.04. The van der Waals surface area contributed by atoms with E-state index in [1.807, 2.05) is 41.3 Å². The van der Waals surface area contributed by atoms with Crippen molar-refractivity contribution in [3.8, 4) is 16.9 Å². The second kappa shape index (κ2) is 11.4. The third-order valence-electron chi connectivity index (χ3n) is 5.72. The molecular formula is C26H32N2O4. The predicted molar refractivity (Wildman–Crippen MR) is 125 cm³/mol. The lowest BCUT2D eigenvalue weighted by atomic mass is 9.96. The smallest absolute Gasteiger partial charge is 0.309 e. The number of ether oxygens (including phenoxy) is 2. The van der Waals surface area contributed by atoms with E-state index < -0.39 is 0 Å². The molecule has 170 valence electrons. The van der Waals surface area contributed by atoms with Gasteiger partial charge >= 0.3 is 5.97 Å². The molecule has 6 nitrogen and oxygen atoms in total. The number of methoxy groups -OCH3 is 2. The summed E-state index contributed by atoms with van der Waals surface area (Å²) in [6.45, 7) is 5.15. The van der Waals surface area contributed by atoms with Crippen LogP contribution in [0.15, 0.2) is 54.7 Å². The molecule has 0 N–H and O–H groups in total. The van der Waals surface area contributed by atoms with Crippen molar-refractivity contribution in [2.45, 2.75) is 32.7 Å². The van der Waals surface area contributed by atoms with Crippen LogP contribution < -0.4 is 4.74 Å². The van der Waals surface area contributed by atoms with Gasteiger partial charge in [-0.1, -0.05) is 36.4 Å². The van der Waals surface area contributed by atoms with Crippen molar-refractivity contribution < 1.29 is 19.1 Å². The fraction of sp³-hybridized carbons (Fsp3) is 0.385. The standard InChI is InChI=1S/C26H32N2O4/c1-4-27(14-8-16-28-15-7-13-24(28)29)19-22-11-6-12-23(31-2)26(22)21-10-5-9-20(17-21)18-25(30)32-3/h5-6,8-12,14,17H,4,7,13,15-16,18-19H2,1-3H3/b14-8+. The van der Waals surface area contributed by atoms with Crippen molar-refractivity contribution in [1.82, 2.24) is 9.80 Å². The largest absolute Gasteiger partial charge is 0.496 e. The van der Waals surface area contributed by atoms with Crippen LogP contribution in [0.2, 0.25) is 0 Å². The molecule has 0 atom stereocenters. The Kier molecular flexibility index (Phi) is 8.31. The van der Waals surface area contributed by atoms with E-state index in [2.05, 4.69) is 30.2 Å². The van der Waals surface area contributed by atoms with Gasteiger partial charge in [-0.15, -0.1) is 0 Å². The van der Waals surface area contributed by atoms with Crippen molar-refractivity contribution in [2.24, 2.45) is 0 Å². The average Bonchev–Trinajstić information content (AvgIpc) is 3.22. The van der Waals surface area contributed by atoms with Crippen LogP contribution in [0.5, 0.6) is 5.75 Å². The summed E-state index contributed by atoms with van der Waals surface area (Å²) in [5, 5.41) is 0. The molecule has 32 heavy (non-hydrogen) atoms. The number of hydrogen-bond acceptors (Lipinski definition) is 5. The molecule has 0 aliphatic carbocycles. The Labute approximate surface area is 190 Å². The molecule has 0 bridgehead atoms. The van der Waals surface area contributed by atoms with E-state index in [4.69, 9.17) is 9.47 Å². The average molecular weight is 437 g/mol. The molecular weight excluding hydrogens is 404 g/mol. The Morgan fingerprint density at radius 1 is 1.19 bits per heavy atom. The number of esters is 1. The Hall–Kier alpha value is -3.28. The zero-order valence-corrected chi connectivity index (χ0v) is 19.2. The van der Waals surface area contributed by atoms with E-state index in [9.17, 15) is 9.59 Å². The highest BCUT2D eigenvalue weighted by atomic mass is 16.5. The lowest BCUT2D eigenvalue weighted by Gasteiger charge is -2.22. The molecule has 0 saturated carbocycles. The number of likely N-dealkylation sites (tertiary alicyclic amines) is 1. The van der Waals surface area contributed by atoms with Crippen LogP contribution >= 0.6 is 0 Å². The Balaban J connectivity index is 1.83. The molecule has 1 fully saturated rings. The van der Waals surface area contributed by atoms with Crippen molar-refractivity contribution >= 4 is 11.9 Å². The van der Waals surface area contributed by atoms with E-state index in [1.54, 1.807) is 7.11 Å². The Morgan fingerprint density at radius 2 is 2.00 bits per heavy atom. The van der Waals surface area contributed by atoms with Crippen LogP contribution in [0.1, 0.15) is 30.9 Å². The van der Waals surface area contributed by atoms with Crippen molar-refractivity contribution in [3.63, 3.8) is 0 Å². The van der Waals surface area contributed by atoms with Crippen LogP contribution in [0, 0.1) is 0 Å².